The molecule has 3 unspecified atom stereocenters. The Morgan fingerprint density at radius 1 is 1.44 bits per heavy atom. The summed E-state index contributed by atoms with van der Waals surface area (Å²) in [6, 6.07) is 0.287. The van der Waals surface area contributed by atoms with Crippen LogP contribution >= 0.6 is 0 Å². The van der Waals surface area contributed by atoms with E-state index in [4.69, 9.17) is 0 Å². The molecular weight excluding hydrogens is 226 g/mol. The lowest BCUT2D eigenvalue weighted by atomic mass is 10.1. The van der Waals surface area contributed by atoms with Gasteiger partial charge in [-0.1, -0.05) is 0 Å². The van der Waals surface area contributed by atoms with Crippen LogP contribution in [0.1, 0.15) is 13.3 Å². The normalized spacial score (nSPS) is 27.4. The molecule has 5 nitrogen and oxygen atoms in total. The van der Waals surface area contributed by atoms with Crippen LogP contribution in [-0.4, -0.2) is 53.8 Å². The first-order valence-electron chi connectivity index (χ1n) is 5.64. The van der Waals surface area contributed by atoms with Gasteiger partial charge in [-0.05, 0) is 13.3 Å². The highest BCUT2D eigenvalue weighted by Crippen LogP contribution is 1.93. The van der Waals surface area contributed by atoms with E-state index in [1.807, 2.05) is 0 Å². The van der Waals surface area contributed by atoms with Crippen LogP contribution in [0.4, 0.5) is 0 Å². The summed E-state index contributed by atoms with van der Waals surface area (Å²) in [7, 11) is -0.769. The summed E-state index contributed by atoms with van der Waals surface area (Å²) in [5.41, 5.74) is 0. The van der Waals surface area contributed by atoms with Crippen molar-refractivity contribution in [2.45, 2.75) is 25.4 Å². The molecular formula is C10H21N3O2S. The maximum Gasteiger partial charge on any atom is 0.238 e. The van der Waals surface area contributed by atoms with Gasteiger partial charge < -0.3 is 16.0 Å². The molecule has 6 heteroatoms. The van der Waals surface area contributed by atoms with E-state index in [0.29, 0.717) is 24.9 Å². The van der Waals surface area contributed by atoms with Crippen LogP contribution in [0.2, 0.25) is 0 Å². The number of rotatable bonds is 5. The van der Waals surface area contributed by atoms with E-state index in [9.17, 15) is 9.00 Å². The van der Waals surface area contributed by atoms with Gasteiger partial charge in [-0.15, -0.1) is 0 Å². The van der Waals surface area contributed by atoms with Crippen molar-refractivity contribution in [1.82, 2.24) is 16.0 Å². The van der Waals surface area contributed by atoms with Crippen LogP contribution in [0, 0.1) is 0 Å². The third kappa shape index (κ3) is 5.05. The van der Waals surface area contributed by atoms with Gasteiger partial charge in [-0.2, -0.15) is 0 Å². The number of carbonyl (C=O) groups excluding carboxylic acids is 1. The van der Waals surface area contributed by atoms with Crippen molar-refractivity contribution in [1.29, 1.82) is 0 Å². The number of hydrogen-bond donors (Lipinski definition) is 3. The fraction of sp³-hybridized carbons (Fsp3) is 0.900. The third-order valence-corrected chi connectivity index (χ3v) is 3.43. The predicted octanol–water partition coefficient (Wildman–Crippen LogP) is -1.18. The van der Waals surface area contributed by atoms with Crippen molar-refractivity contribution in [3.63, 3.8) is 0 Å². The second-order valence-electron chi connectivity index (χ2n) is 4.19. The lowest BCUT2D eigenvalue weighted by Crippen LogP contribution is -2.58. The zero-order valence-corrected chi connectivity index (χ0v) is 10.7. The van der Waals surface area contributed by atoms with E-state index >= 15 is 0 Å². The summed E-state index contributed by atoms with van der Waals surface area (Å²) in [5.74, 6) is 0.675. The molecule has 1 saturated heterocycles. The molecule has 1 heterocycles. The maximum atomic E-state index is 11.7. The molecule has 0 saturated carbocycles. The average Bonchev–Trinajstić information content (AvgIpc) is 2.25. The van der Waals surface area contributed by atoms with Crippen molar-refractivity contribution in [2.75, 3.05) is 31.6 Å². The van der Waals surface area contributed by atoms with Crippen LogP contribution in [0.3, 0.4) is 0 Å². The Hall–Kier alpha value is -0.460. The summed E-state index contributed by atoms with van der Waals surface area (Å²) >= 11 is 0. The number of nitrogens with one attached hydrogen (secondary N) is 3. The molecule has 16 heavy (non-hydrogen) atoms. The Balaban J connectivity index is 2.12. The Bertz CT molecular complexity index is 252. The van der Waals surface area contributed by atoms with Crippen LogP contribution in [0.15, 0.2) is 0 Å². The van der Waals surface area contributed by atoms with E-state index in [1.54, 1.807) is 6.26 Å². The highest BCUT2D eigenvalue weighted by Gasteiger charge is 2.22. The van der Waals surface area contributed by atoms with Crippen molar-refractivity contribution in [2.24, 2.45) is 0 Å². The van der Waals surface area contributed by atoms with Gasteiger partial charge >= 0.3 is 0 Å². The summed E-state index contributed by atoms with van der Waals surface area (Å²) < 4.78 is 10.8. The summed E-state index contributed by atoms with van der Waals surface area (Å²) in [5, 5.41) is 9.28. The van der Waals surface area contributed by atoms with Crippen molar-refractivity contribution >= 4 is 16.7 Å². The van der Waals surface area contributed by atoms with Crippen LogP contribution in [0.5, 0.6) is 0 Å². The standard InChI is InChI=1S/C10H21N3O2S/c1-8-6-13-9(7-12-8)10(14)11-4-3-5-16(2)15/h8-9,12-13H,3-7H2,1-2H3,(H,11,14). The van der Waals surface area contributed by atoms with E-state index < -0.39 is 10.8 Å². The fourth-order valence-electron chi connectivity index (χ4n) is 1.58. The van der Waals surface area contributed by atoms with Gasteiger partial charge in [0.15, 0.2) is 0 Å². The minimum atomic E-state index is -0.769. The summed E-state index contributed by atoms with van der Waals surface area (Å²) in [6.45, 7) is 4.17. The lowest BCUT2D eigenvalue weighted by Gasteiger charge is -2.28. The van der Waals surface area contributed by atoms with Crippen LogP contribution < -0.4 is 16.0 Å². The van der Waals surface area contributed by atoms with E-state index in [-0.39, 0.29) is 11.9 Å². The minimum absolute atomic E-state index is 0.0290. The zero-order valence-electron chi connectivity index (χ0n) is 9.91. The van der Waals surface area contributed by atoms with Gasteiger partial charge in [-0.25, -0.2) is 0 Å². The molecule has 0 aromatic rings. The Morgan fingerprint density at radius 3 is 2.75 bits per heavy atom. The van der Waals surface area contributed by atoms with E-state index in [2.05, 4.69) is 22.9 Å². The highest BCUT2D eigenvalue weighted by atomic mass is 32.2. The first kappa shape index (κ1) is 13.6. The molecule has 1 aliphatic rings. The number of piperazine rings is 1. The van der Waals surface area contributed by atoms with Gasteiger partial charge in [0, 0.05) is 48.5 Å². The molecule has 3 atom stereocenters. The molecule has 3 N–H and O–H groups in total. The number of hydrogen-bond acceptors (Lipinski definition) is 4. The van der Waals surface area contributed by atoms with Crippen LogP contribution in [-0.2, 0) is 15.6 Å². The van der Waals surface area contributed by atoms with Crippen molar-refractivity contribution in [3.05, 3.63) is 0 Å². The number of amides is 1. The predicted molar refractivity (Wildman–Crippen MR) is 65.8 cm³/mol. The molecule has 1 amide bonds. The molecule has 1 rings (SSSR count). The van der Waals surface area contributed by atoms with Crippen molar-refractivity contribution in [3.8, 4) is 0 Å². The molecule has 1 aliphatic heterocycles. The maximum absolute atomic E-state index is 11.7. The third-order valence-electron chi connectivity index (χ3n) is 2.57. The van der Waals surface area contributed by atoms with Crippen LogP contribution in [0.25, 0.3) is 0 Å². The Kier molecular flexibility index (Phi) is 5.94. The number of carbonyl (C=O) groups is 1. The average molecular weight is 247 g/mol. The van der Waals surface area contributed by atoms with Gasteiger partial charge in [0.2, 0.25) is 5.91 Å². The molecule has 0 radical (unpaired) electrons. The highest BCUT2D eigenvalue weighted by molar-refractivity contribution is 7.84. The second kappa shape index (κ2) is 6.98. The van der Waals surface area contributed by atoms with Crippen molar-refractivity contribution < 1.29 is 9.00 Å². The summed E-state index contributed by atoms with van der Waals surface area (Å²) in [4.78, 5) is 11.7. The second-order valence-corrected chi connectivity index (χ2v) is 5.75. The Morgan fingerprint density at radius 2 is 2.19 bits per heavy atom. The molecule has 0 bridgehead atoms. The molecule has 0 aromatic heterocycles. The smallest absolute Gasteiger partial charge is 0.238 e. The lowest BCUT2D eigenvalue weighted by molar-refractivity contribution is -0.123. The summed E-state index contributed by atoms with van der Waals surface area (Å²) in [6.07, 6.45) is 2.45. The zero-order chi connectivity index (χ0) is 12.0. The first-order valence-corrected chi connectivity index (χ1v) is 7.37. The van der Waals surface area contributed by atoms with E-state index in [0.717, 1.165) is 13.0 Å². The van der Waals surface area contributed by atoms with Gasteiger partial charge in [0.1, 0.15) is 0 Å². The van der Waals surface area contributed by atoms with Gasteiger partial charge in [0.05, 0.1) is 6.04 Å². The minimum Gasteiger partial charge on any atom is -0.355 e. The molecule has 0 aliphatic carbocycles. The fourth-order valence-corrected chi connectivity index (χ4v) is 2.13. The molecule has 0 spiro atoms. The molecule has 0 aromatic carbocycles. The largest absolute Gasteiger partial charge is 0.355 e. The quantitative estimate of drug-likeness (QED) is 0.535. The molecule has 1 fully saturated rings. The first-order chi connectivity index (χ1) is 7.59. The van der Waals surface area contributed by atoms with Gasteiger partial charge in [-0.3, -0.25) is 9.00 Å². The van der Waals surface area contributed by atoms with Gasteiger partial charge in [0.25, 0.3) is 0 Å². The SMILES string of the molecule is CC1CNC(C(=O)NCCCS(C)=O)CN1. The Labute approximate surface area is 99.2 Å². The van der Waals surface area contributed by atoms with E-state index in [1.165, 1.54) is 0 Å². The molecule has 94 valence electrons. The monoisotopic (exact) mass is 247 g/mol. The topological polar surface area (TPSA) is 70.2 Å².